The van der Waals surface area contributed by atoms with Crippen molar-refractivity contribution in [3.05, 3.63) is 281 Å². The number of hydrogen-bond donors (Lipinski definition) is 0. The van der Waals surface area contributed by atoms with E-state index in [0.29, 0.717) is 52.8 Å². The Balaban J connectivity index is 0.000000113. The number of fused-ring (bicyclic) bond motifs is 13. The van der Waals surface area contributed by atoms with E-state index in [0.717, 1.165) is 107 Å². The molecule has 4 bridgehead atoms. The highest BCUT2D eigenvalue weighted by Crippen LogP contribution is 2.55. The van der Waals surface area contributed by atoms with E-state index >= 15 is 0 Å². The molecule has 101 heavy (non-hydrogen) atoms. The molecule has 4 heterocycles. The predicted octanol–water partition coefficient (Wildman–Crippen LogP) is 22.2. The van der Waals surface area contributed by atoms with Gasteiger partial charge in [0.05, 0.1) is 70.0 Å². The van der Waals surface area contributed by atoms with Crippen LogP contribution >= 0.6 is 0 Å². The molecular weight excluding hydrogens is 1230 g/mol. The fraction of sp³-hybridized carbons (Fsp3) is 0.312. The zero-order chi connectivity index (χ0) is 74.3. The smallest absolute Gasteiger partial charge is 0.221 e. The molecule has 0 amide bonds. The Hall–Kier alpha value is -10.6. The average Bonchev–Trinajstić information content (AvgIpc) is 1.69. The minimum Gasteiger partial charge on any atom is -0.238 e. The molecule has 498 valence electrons. The number of aryl methyl sites for hydroxylation is 6. The van der Waals surface area contributed by atoms with Gasteiger partial charge in [-0.15, -0.1) is 0 Å². The first-order valence-electron chi connectivity index (χ1n) is 38.1. The maximum absolute atomic E-state index is 8.64. The molecular formula is C93H90N8+4. The number of aromatic nitrogens is 4. The summed E-state index contributed by atoms with van der Waals surface area (Å²) in [4.78, 5) is 14.4. The molecule has 0 radical (unpaired) electrons. The average molecular weight is 1320 g/mol. The summed E-state index contributed by atoms with van der Waals surface area (Å²) in [5.74, 6) is 2.95. The van der Waals surface area contributed by atoms with Gasteiger partial charge in [-0.3, -0.25) is 0 Å². The van der Waals surface area contributed by atoms with Crippen LogP contribution in [0.25, 0.3) is 107 Å². The van der Waals surface area contributed by atoms with E-state index in [1.165, 1.54) is 130 Å². The molecule has 4 aromatic heterocycles. The minimum atomic E-state index is -0.206. The SMILES string of the molecule is [2H]c1c(C)[n+](C)c(-c2cc3c(cc2C)C2CCC3C2)c2ccc([N+]#[C-])cc12.[2H]c1c(C)[n+](C)c(-c2cc3c(cc2C)C2CCC3CC2)c2ccc([N+]#[C-])cc12.[2H]c1c(C)[n+](C)c(-c2cc3c(cc2C)CCC3)c2ccc([N+]#[C-])cc12.[2H]c1c(C)[n+](C)c2c3c(cc([N+]#[C-])cc13)C(C)(C)c1cccc(C)c1-2. The molecule has 7 aliphatic rings. The lowest BCUT2D eigenvalue weighted by Gasteiger charge is -2.38. The van der Waals surface area contributed by atoms with Crippen LogP contribution in [0.5, 0.6) is 0 Å². The van der Waals surface area contributed by atoms with Crippen molar-refractivity contribution in [3.8, 4) is 45.0 Å². The molecule has 0 N–H and O–H groups in total. The third kappa shape index (κ3) is 11.1. The number of hydrogen-bond acceptors (Lipinski definition) is 0. The van der Waals surface area contributed by atoms with E-state index in [-0.39, 0.29) is 5.41 Å². The van der Waals surface area contributed by atoms with Crippen molar-refractivity contribution in [3.63, 3.8) is 0 Å². The number of pyridine rings is 4. The van der Waals surface area contributed by atoms with Gasteiger partial charge in [0.1, 0.15) is 28.2 Å². The quantitative estimate of drug-likeness (QED) is 0.125. The fourth-order valence-electron chi connectivity index (χ4n) is 18.4. The molecule has 0 aliphatic heterocycles. The molecule has 7 aliphatic carbocycles. The van der Waals surface area contributed by atoms with Crippen molar-refractivity contribution >= 4 is 65.8 Å². The highest BCUT2D eigenvalue weighted by molar-refractivity contribution is 6.03. The number of nitrogens with zero attached hydrogens (tertiary/aromatic N) is 8. The highest BCUT2D eigenvalue weighted by Gasteiger charge is 2.41. The monoisotopic (exact) mass is 1320 g/mol. The van der Waals surface area contributed by atoms with Gasteiger partial charge >= 0.3 is 0 Å². The molecule has 0 saturated heterocycles. The van der Waals surface area contributed by atoms with Crippen molar-refractivity contribution in [1.29, 1.82) is 0 Å². The van der Waals surface area contributed by atoms with Crippen molar-refractivity contribution in [2.45, 2.75) is 163 Å². The van der Waals surface area contributed by atoms with Crippen LogP contribution in [-0.2, 0) is 46.4 Å². The summed E-state index contributed by atoms with van der Waals surface area (Å²) in [6.07, 6.45) is 12.9. The van der Waals surface area contributed by atoms with Crippen molar-refractivity contribution in [1.82, 2.24) is 0 Å². The maximum atomic E-state index is 8.64. The van der Waals surface area contributed by atoms with Crippen LogP contribution in [0.3, 0.4) is 0 Å². The third-order valence-corrected chi connectivity index (χ3v) is 24.1. The summed E-state index contributed by atoms with van der Waals surface area (Å²) in [6, 6.07) is 44.1. The Labute approximate surface area is 602 Å². The van der Waals surface area contributed by atoms with Crippen LogP contribution in [-0.4, -0.2) is 0 Å². The zero-order valence-corrected chi connectivity index (χ0v) is 61.0. The molecule has 2 fully saturated rings. The lowest BCUT2D eigenvalue weighted by atomic mass is 9.66. The van der Waals surface area contributed by atoms with E-state index in [9.17, 15) is 0 Å². The summed E-state index contributed by atoms with van der Waals surface area (Å²) in [7, 11) is 8.21. The van der Waals surface area contributed by atoms with Gasteiger partial charge in [-0.2, -0.15) is 18.3 Å². The standard InChI is InChI=1S/C25H25N2.C24H23N2.2C22H21N2/c1-15-11-23-17-5-7-18(8-6-17)24(23)14-22(15)25-21-10-9-20(26-3)13-19(21)12-16(2)27(25)4;1-14-9-22-16-5-6-17(11-16)23(22)13-21(14)24-20-8-7-19(25-3)12-18(20)10-15(2)26(24)4;1-13-8-7-9-17-19(13)21-20-15(10-14(2)24(21)6)11-16(23-5)12-18(20)22(17,3)4;1-14-10-16-6-5-7-17(16)13-21(14)22-20-9-8-19(23-3)12-18(20)11-15(2)24(22)4/h9-14,17-18H,5-8H2,1-2,4H3;7-10,12-13,16-17H,5-6,11H2,1-2,4H3;7-12H,1-4,6H3;8-13H,5-7H2,1-2,4H3/q4*+1/i12D;2*10D;11D. The van der Waals surface area contributed by atoms with E-state index < -0.39 is 0 Å². The van der Waals surface area contributed by atoms with Gasteiger partial charge in [0, 0.05) is 62.8 Å². The Morgan fingerprint density at radius 3 is 1.23 bits per heavy atom. The largest absolute Gasteiger partial charge is 0.238 e. The van der Waals surface area contributed by atoms with Gasteiger partial charge in [-0.25, -0.2) is 19.4 Å². The lowest BCUT2D eigenvalue weighted by Crippen LogP contribution is -2.38. The van der Waals surface area contributed by atoms with Crippen LogP contribution in [0.15, 0.2) is 145 Å². The Morgan fingerprint density at radius 1 is 0.386 bits per heavy atom. The van der Waals surface area contributed by atoms with Gasteiger partial charge in [-0.05, 0) is 246 Å². The van der Waals surface area contributed by atoms with Gasteiger partial charge in [-0.1, -0.05) is 92.7 Å². The first-order valence-corrected chi connectivity index (χ1v) is 36.1. The van der Waals surface area contributed by atoms with Crippen LogP contribution in [0, 0.1) is 81.7 Å². The molecule has 8 heteroatoms. The van der Waals surface area contributed by atoms with E-state index in [4.69, 9.17) is 31.8 Å². The molecule has 19 rings (SSSR count). The molecule has 2 saturated carbocycles. The summed E-state index contributed by atoms with van der Waals surface area (Å²) in [5.41, 5.74) is 32.4. The van der Waals surface area contributed by atoms with Crippen LogP contribution in [0.1, 0.15) is 184 Å². The van der Waals surface area contributed by atoms with Crippen LogP contribution in [0.2, 0.25) is 0 Å². The normalized spacial score (nSPS) is 17.8. The van der Waals surface area contributed by atoms with Crippen molar-refractivity contribution in [2.24, 2.45) is 28.2 Å². The number of rotatable bonds is 3. The van der Waals surface area contributed by atoms with Gasteiger partial charge in [0.2, 0.25) is 22.8 Å². The second-order valence-electron chi connectivity index (χ2n) is 30.3. The number of benzene rings is 8. The molecule has 8 aromatic carbocycles. The maximum Gasteiger partial charge on any atom is 0.221 e. The van der Waals surface area contributed by atoms with Crippen LogP contribution < -0.4 is 18.3 Å². The van der Waals surface area contributed by atoms with E-state index in [2.05, 4.69) is 148 Å². The Morgan fingerprint density at radius 2 is 0.762 bits per heavy atom. The molecule has 2 atom stereocenters. The predicted molar refractivity (Wildman–Crippen MR) is 413 cm³/mol. The minimum absolute atomic E-state index is 0.206. The van der Waals surface area contributed by atoms with Crippen molar-refractivity contribution < 1.29 is 23.8 Å². The Kier molecular flexibility index (Phi) is 15.5. The summed E-state index contributed by atoms with van der Waals surface area (Å²) in [5, 5.41) is 7.79. The molecule has 12 aromatic rings. The van der Waals surface area contributed by atoms with E-state index in [1.807, 2.05) is 109 Å². The summed E-state index contributed by atoms with van der Waals surface area (Å²) in [6.45, 7) is 50.6. The first kappa shape index (κ1) is 61.5. The van der Waals surface area contributed by atoms with Gasteiger partial charge in [0.25, 0.3) is 0 Å². The van der Waals surface area contributed by atoms with Crippen molar-refractivity contribution in [2.75, 3.05) is 0 Å². The molecule has 0 spiro atoms. The van der Waals surface area contributed by atoms with Gasteiger partial charge < -0.3 is 0 Å². The second kappa shape index (κ2) is 25.5. The van der Waals surface area contributed by atoms with E-state index in [1.54, 1.807) is 22.3 Å². The topological polar surface area (TPSA) is 33.0 Å². The lowest BCUT2D eigenvalue weighted by molar-refractivity contribution is -0.665. The molecule has 2 unspecified atom stereocenters. The third-order valence-electron chi connectivity index (χ3n) is 24.1. The zero-order valence-electron chi connectivity index (χ0n) is 65.0. The second-order valence-corrected chi connectivity index (χ2v) is 30.3. The summed E-state index contributed by atoms with van der Waals surface area (Å²) >= 11 is 0. The highest BCUT2D eigenvalue weighted by atomic mass is 15.0. The first-order chi connectivity index (χ1) is 50.3. The summed E-state index contributed by atoms with van der Waals surface area (Å²) < 4.78 is 42.9. The fourth-order valence-corrected chi connectivity index (χ4v) is 18.4. The molecule has 8 nitrogen and oxygen atoms in total. The van der Waals surface area contributed by atoms with Gasteiger partial charge in [0.15, 0.2) is 45.5 Å². The van der Waals surface area contributed by atoms with Crippen LogP contribution in [0.4, 0.5) is 22.7 Å². The Bertz CT molecular complexity index is 6000.